The summed E-state index contributed by atoms with van der Waals surface area (Å²) in [5, 5.41) is 10.5. The average Bonchev–Trinajstić information content (AvgIpc) is 2.68. The Morgan fingerprint density at radius 1 is 1.29 bits per heavy atom. The van der Waals surface area contributed by atoms with E-state index in [9.17, 15) is 5.11 Å². The molecule has 0 radical (unpaired) electrons. The highest BCUT2D eigenvalue weighted by Crippen LogP contribution is 2.26. The highest BCUT2D eigenvalue weighted by Gasteiger charge is 2.18. The lowest BCUT2D eigenvalue weighted by Gasteiger charge is -2.24. The first kappa shape index (κ1) is 16.0. The van der Waals surface area contributed by atoms with Crippen molar-refractivity contribution in [1.82, 2.24) is 9.88 Å². The lowest BCUT2D eigenvalue weighted by molar-refractivity contribution is 0.0403. The highest BCUT2D eigenvalue weighted by molar-refractivity contribution is 6.30. The Morgan fingerprint density at radius 3 is 2.48 bits per heavy atom. The number of benzene rings is 1. The molecule has 2 rings (SSSR count). The third kappa shape index (κ3) is 4.56. The van der Waals surface area contributed by atoms with Gasteiger partial charge < -0.3 is 9.52 Å². The molecule has 21 heavy (non-hydrogen) atoms. The molecule has 1 aromatic heterocycles. The summed E-state index contributed by atoms with van der Waals surface area (Å²) in [5.41, 5.74) is 1.07. The van der Waals surface area contributed by atoms with Gasteiger partial charge in [0.1, 0.15) is 0 Å². The molecular weight excluding hydrogens is 288 g/mol. The second kappa shape index (κ2) is 6.18. The van der Waals surface area contributed by atoms with Crippen LogP contribution in [0.4, 0.5) is 0 Å². The van der Waals surface area contributed by atoms with Crippen LogP contribution in [0.25, 0.3) is 11.3 Å². The van der Waals surface area contributed by atoms with Crippen molar-refractivity contribution in [3.8, 4) is 11.3 Å². The van der Waals surface area contributed by atoms with E-state index in [2.05, 4.69) is 4.98 Å². The minimum Gasteiger partial charge on any atom is -0.439 e. The van der Waals surface area contributed by atoms with Gasteiger partial charge in [0.05, 0.1) is 17.8 Å². The molecule has 4 nitrogen and oxygen atoms in total. The van der Waals surface area contributed by atoms with Gasteiger partial charge in [-0.3, -0.25) is 4.90 Å². The predicted octanol–water partition coefficient (Wildman–Crippen LogP) is 3.51. The molecule has 114 valence electrons. The molecular formula is C16H21ClN2O2. The van der Waals surface area contributed by atoms with Crippen molar-refractivity contribution in [2.24, 2.45) is 0 Å². The number of hydrogen-bond donors (Lipinski definition) is 1. The zero-order valence-electron chi connectivity index (χ0n) is 12.9. The first-order valence-corrected chi connectivity index (χ1v) is 7.25. The van der Waals surface area contributed by atoms with E-state index in [-0.39, 0.29) is 0 Å². The van der Waals surface area contributed by atoms with Crippen LogP contribution in [0.15, 0.2) is 28.7 Å². The van der Waals surface area contributed by atoms with Gasteiger partial charge in [0.15, 0.2) is 5.76 Å². The van der Waals surface area contributed by atoms with Gasteiger partial charge in [-0.05, 0) is 52.1 Å². The quantitative estimate of drug-likeness (QED) is 0.918. The van der Waals surface area contributed by atoms with Crippen LogP contribution in [-0.2, 0) is 6.54 Å². The first-order chi connectivity index (χ1) is 9.74. The average molecular weight is 309 g/mol. The van der Waals surface area contributed by atoms with Crippen LogP contribution in [0.3, 0.4) is 0 Å². The maximum atomic E-state index is 9.82. The lowest BCUT2D eigenvalue weighted by Crippen LogP contribution is -2.35. The van der Waals surface area contributed by atoms with E-state index < -0.39 is 5.60 Å². The summed E-state index contributed by atoms with van der Waals surface area (Å²) >= 11 is 5.90. The first-order valence-electron chi connectivity index (χ1n) is 6.88. The van der Waals surface area contributed by atoms with Crippen LogP contribution < -0.4 is 0 Å². The number of halogens is 1. The molecule has 0 bridgehead atoms. The molecule has 0 fully saturated rings. The summed E-state index contributed by atoms with van der Waals surface area (Å²) in [5.74, 6) is 1.41. The fraction of sp³-hybridized carbons (Fsp3) is 0.438. The smallest absolute Gasteiger partial charge is 0.209 e. The number of aryl methyl sites for hydroxylation is 1. The van der Waals surface area contributed by atoms with Gasteiger partial charge in [-0.1, -0.05) is 11.6 Å². The van der Waals surface area contributed by atoms with Gasteiger partial charge in [-0.2, -0.15) is 0 Å². The number of rotatable bonds is 5. The SMILES string of the molecule is Cc1nc(CN(C)CC(C)(C)O)oc1-c1ccc(Cl)cc1. The standard InChI is InChI=1S/C16H21ClN2O2/c1-11-15(12-5-7-13(17)8-6-12)21-14(18-11)9-19(4)10-16(2,3)20/h5-8,20H,9-10H2,1-4H3. The molecule has 0 aliphatic carbocycles. The summed E-state index contributed by atoms with van der Waals surface area (Å²) in [6.45, 7) is 6.59. The van der Waals surface area contributed by atoms with E-state index in [1.54, 1.807) is 13.8 Å². The Kier molecular flexibility index (Phi) is 4.71. The summed E-state index contributed by atoms with van der Waals surface area (Å²) in [7, 11) is 1.93. The van der Waals surface area contributed by atoms with Crippen molar-refractivity contribution < 1.29 is 9.52 Å². The summed E-state index contributed by atoms with van der Waals surface area (Å²) < 4.78 is 5.85. The van der Waals surface area contributed by atoms with Gasteiger partial charge in [-0.25, -0.2) is 4.98 Å². The third-order valence-electron chi connectivity index (χ3n) is 3.01. The van der Waals surface area contributed by atoms with Crippen LogP contribution in [0.2, 0.25) is 5.02 Å². The molecule has 1 heterocycles. The minimum absolute atomic E-state index is 0.546. The van der Waals surface area contributed by atoms with Crippen LogP contribution in [0.5, 0.6) is 0 Å². The normalized spacial score (nSPS) is 12.1. The fourth-order valence-corrected chi connectivity index (χ4v) is 2.46. The largest absolute Gasteiger partial charge is 0.439 e. The van der Waals surface area contributed by atoms with E-state index in [4.69, 9.17) is 16.0 Å². The molecule has 0 spiro atoms. The number of oxazole rings is 1. The Morgan fingerprint density at radius 2 is 1.90 bits per heavy atom. The number of hydrogen-bond acceptors (Lipinski definition) is 4. The van der Waals surface area contributed by atoms with Crippen molar-refractivity contribution >= 4 is 11.6 Å². The van der Waals surface area contributed by atoms with Crippen molar-refractivity contribution in [2.75, 3.05) is 13.6 Å². The van der Waals surface area contributed by atoms with Crippen LogP contribution in [-0.4, -0.2) is 34.2 Å². The Hall–Kier alpha value is -1.36. The van der Waals surface area contributed by atoms with Gasteiger partial charge in [0.25, 0.3) is 0 Å². The lowest BCUT2D eigenvalue weighted by atomic mass is 10.1. The monoisotopic (exact) mass is 308 g/mol. The summed E-state index contributed by atoms with van der Waals surface area (Å²) in [6, 6.07) is 7.50. The molecule has 0 amide bonds. The number of nitrogens with zero attached hydrogens (tertiary/aromatic N) is 2. The summed E-state index contributed by atoms with van der Waals surface area (Å²) in [4.78, 5) is 6.44. The second-order valence-corrected chi connectivity index (χ2v) is 6.45. The van der Waals surface area contributed by atoms with Gasteiger partial charge in [-0.15, -0.1) is 0 Å². The van der Waals surface area contributed by atoms with Crippen LogP contribution in [0, 0.1) is 6.92 Å². The second-order valence-electron chi connectivity index (χ2n) is 6.01. The minimum atomic E-state index is -0.741. The van der Waals surface area contributed by atoms with E-state index in [1.807, 2.05) is 43.1 Å². The highest BCUT2D eigenvalue weighted by atomic mass is 35.5. The van der Waals surface area contributed by atoms with Crippen molar-refractivity contribution in [1.29, 1.82) is 0 Å². The predicted molar refractivity (Wildman–Crippen MR) is 84.3 cm³/mol. The maximum absolute atomic E-state index is 9.82. The zero-order valence-corrected chi connectivity index (χ0v) is 13.6. The number of aliphatic hydroxyl groups is 1. The molecule has 1 N–H and O–H groups in total. The molecule has 0 saturated carbocycles. The van der Waals surface area contributed by atoms with E-state index >= 15 is 0 Å². The van der Waals surface area contributed by atoms with Gasteiger partial charge in [0.2, 0.25) is 5.89 Å². The van der Waals surface area contributed by atoms with Crippen molar-refractivity contribution in [3.05, 3.63) is 40.9 Å². The Balaban J connectivity index is 2.14. The van der Waals surface area contributed by atoms with Crippen molar-refractivity contribution in [2.45, 2.75) is 32.9 Å². The molecule has 2 aromatic rings. The van der Waals surface area contributed by atoms with Gasteiger partial charge in [0, 0.05) is 17.1 Å². The molecule has 0 atom stereocenters. The van der Waals surface area contributed by atoms with Crippen LogP contribution >= 0.6 is 11.6 Å². The molecule has 0 aliphatic rings. The molecule has 0 saturated heterocycles. The van der Waals surface area contributed by atoms with Crippen molar-refractivity contribution in [3.63, 3.8) is 0 Å². The molecule has 5 heteroatoms. The summed E-state index contributed by atoms with van der Waals surface area (Å²) in [6.07, 6.45) is 0. The third-order valence-corrected chi connectivity index (χ3v) is 3.26. The molecule has 0 unspecified atom stereocenters. The molecule has 1 aromatic carbocycles. The molecule has 0 aliphatic heterocycles. The van der Waals surface area contributed by atoms with Gasteiger partial charge >= 0.3 is 0 Å². The van der Waals surface area contributed by atoms with E-state index in [1.165, 1.54) is 0 Å². The Labute approximate surface area is 130 Å². The number of likely N-dealkylation sites (N-methyl/N-ethyl adjacent to an activating group) is 1. The number of aromatic nitrogens is 1. The van der Waals surface area contributed by atoms with E-state index in [0.29, 0.717) is 24.0 Å². The fourth-order valence-electron chi connectivity index (χ4n) is 2.34. The van der Waals surface area contributed by atoms with Crippen LogP contribution in [0.1, 0.15) is 25.4 Å². The topological polar surface area (TPSA) is 49.5 Å². The van der Waals surface area contributed by atoms with E-state index in [0.717, 1.165) is 17.0 Å². The maximum Gasteiger partial charge on any atom is 0.209 e. The zero-order chi connectivity index (χ0) is 15.6. The Bertz CT molecular complexity index is 600.